The Kier molecular flexibility index (Phi) is 4.62. The van der Waals surface area contributed by atoms with Crippen molar-refractivity contribution in [1.82, 2.24) is 4.90 Å². The SMILES string of the molecule is CCC(C#N)C(=O)N1CCN(c2cccc(C)c2)CC1. The molecule has 1 aromatic rings. The van der Waals surface area contributed by atoms with E-state index in [0.717, 1.165) is 13.1 Å². The van der Waals surface area contributed by atoms with Crippen molar-refractivity contribution in [2.24, 2.45) is 5.92 Å². The Bertz CT molecular complexity index is 513. The molecule has 0 saturated carbocycles. The molecule has 1 heterocycles. The van der Waals surface area contributed by atoms with Crippen molar-refractivity contribution in [2.75, 3.05) is 31.1 Å². The third kappa shape index (κ3) is 3.11. The second-order valence-electron chi connectivity index (χ2n) is 5.24. The Labute approximate surface area is 120 Å². The van der Waals surface area contributed by atoms with Crippen LogP contribution in [0.4, 0.5) is 5.69 Å². The zero-order chi connectivity index (χ0) is 14.5. The van der Waals surface area contributed by atoms with Crippen LogP contribution >= 0.6 is 0 Å². The van der Waals surface area contributed by atoms with Crippen LogP contribution < -0.4 is 4.90 Å². The smallest absolute Gasteiger partial charge is 0.240 e. The van der Waals surface area contributed by atoms with Crippen LogP contribution in [0.25, 0.3) is 0 Å². The maximum Gasteiger partial charge on any atom is 0.240 e. The molecule has 2 rings (SSSR count). The molecule has 0 spiro atoms. The van der Waals surface area contributed by atoms with Crippen LogP contribution in [-0.4, -0.2) is 37.0 Å². The quantitative estimate of drug-likeness (QED) is 0.846. The fourth-order valence-electron chi connectivity index (χ4n) is 2.55. The topological polar surface area (TPSA) is 47.3 Å². The van der Waals surface area contributed by atoms with Gasteiger partial charge in [-0.1, -0.05) is 19.1 Å². The highest BCUT2D eigenvalue weighted by Crippen LogP contribution is 2.18. The van der Waals surface area contributed by atoms with Gasteiger partial charge in [-0.15, -0.1) is 0 Å². The molecule has 1 unspecified atom stereocenters. The molecule has 1 aliphatic rings. The standard InChI is InChI=1S/C16H21N3O/c1-3-14(12-17)16(20)19-9-7-18(8-10-19)15-6-4-5-13(2)11-15/h4-6,11,14H,3,7-10H2,1-2H3. The summed E-state index contributed by atoms with van der Waals surface area (Å²) in [4.78, 5) is 16.3. The zero-order valence-electron chi connectivity index (χ0n) is 12.2. The summed E-state index contributed by atoms with van der Waals surface area (Å²) in [6, 6.07) is 10.5. The minimum atomic E-state index is -0.486. The maximum absolute atomic E-state index is 12.1. The van der Waals surface area contributed by atoms with Crippen molar-refractivity contribution in [2.45, 2.75) is 20.3 Å². The summed E-state index contributed by atoms with van der Waals surface area (Å²) in [6.45, 7) is 7.03. The lowest BCUT2D eigenvalue weighted by Gasteiger charge is -2.36. The molecule has 106 valence electrons. The van der Waals surface area contributed by atoms with Gasteiger partial charge < -0.3 is 9.80 Å². The fraction of sp³-hybridized carbons (Fsp3) is 0.500. The number of hydrogen-bond acceptors (Lipinski definition) is 3. The number of rotatable bonds is 3. The van der Waals surface area contributed by atoms with Crippen molar-refractivity contribution < 1.29 is 4.79 Å². The molecule has 1 atom stereocenters. The van der Waals surface area contributed by atoms with Crippen molar-refractivity contribution in [3.63, 3.8) is 0 Å². The van der Waals surface area contributed by atoms with Gasteiger partial charge in [0, 0.05) is 31.9 Å². The molecule has 0 aromatic heterocycles. The van der Waals surface area contributed by atoms with Crippen LogP contribution in [0.15, 0.2) is 24.3 Å². The van der Waals surface area contributed by atoms with Crippen LogP contribution in [0.5, 0.6) is 0 Å². The molecule has 1 saturated heterocycles. The molecule has 1 aromatic carbocycles. The summed E-state index contributed by atoms with van der Waals surface area (Å²) in [5.41, 5.74) is 2.46. The normalized spacial score (nSPS) is 16.6. The average Bonchev–Trinajstić information content (AvgIpc) is 2.48. The Balaban J connectivity index is 1.96. The molecule has 4 nitrogen and oxygen atoms in total. The molecule has 1 aliphatic heterocycles. The molecule has 1 amide bonds. The number of carbonyl (C=O) groups is 1. The monoisotopic (exact) mass is 271 g/mol. The maximum atomic E-state index is 12.1. The third-order valence-corrected chi connectivity index (χ3v) is 3.82. The van der Waals surface area contributed by atoms with Gasteiger partial charge in [0.2, 0.25) is 5.91 Å². The summed E-state index contributed by atoms with van der Waals surface area (Å²) >= 11 is 0. The number of benzene rings is 1. The van der Waals surface area contributed by atoms with Crippen molar-refractivity contribution in [1.29, 1.82) is 5.26 Å². The van der Waals surface area contributed by atoms with E-state index in [1.54, 1.807) is 0 Å². The van der Waals surface area contributed by atoms with Gasteiger partial charge in [-0.25, -0.2) is 0 Å². The highest BCUT2D eigenvalue weighted by molar-refractivity contribution is 5.81. The first-order valence-electron chi connectivity index (χ1n) is 7.15. The van der Waals surface area contributed by atoms with Crippen molar-refractivity contribution in [3.8, 4) is 6.07 Å². The number of anilines is 1. The lowest BCUT2D eigenvalue weighted by molar-refractivity contribution is -0.134. The van der Waals surface area contributed by atoms with Gasteiger partial charge in [-0.3, -0.25) is 4.79 Å². The molecule has 4 heteroatoms. The lowest BCUT2D eigenvalue weighted by Crippen LogP contribution is -2.50. The fourth-order valence-corrected chi connectivity index (χ4v) is 2.55. The number of aryl methyl sites for hydroxylation is 1. The summed E-state index contributed by atoms with van der Waals surface area (Å²) in [7, 11) is 0. The average molecular weight is 271 g/mol. The van der Waals surface area contributed by atoms with Gasteiger partial charge in [0.1, 0.15) is 5.92 Å². The highest BCUT2D eigenvalue weighted by atomic mass is 16.2. The number of nitriles is 1. The molecular formula is C16H21N3O. The van der Waals surface area contributed by atoms with Gasteiger partial charge >= 0.3 is 0 Å². The van der Waals surface area contributed by atoms with Gasteiger partial charge in [0.05, 0.1) is 6.07 Å². The number of piperazine rings is 1. The Morgan fingerprint density at radius 2 is 2.05 bits per heavy atom. The number of hydrogen-bond donors (Lipinski definition) is 0. The van der Waals surface area contributed by atoms with Crippen molar-refractivity contribution >= 4 is 11.6 Å². The van der Waals surface area contributed by atoms with E-state index in [9.17, 15) is 4.79 Å². The number of carbonyl (C=O) groups excluding carboxylic acids is 1. The molecule has 20 heavy (non-hydrogen) atoms. The summed E-state index contributed by atoms with van der Waals surface area (Å²) in [5, 5.41) is 8.98. The third-order valence-electron chi connectivity index (χ3n) is 3.82. The van der Waals surface area contributed by atoms with E-state index in [1.165, 1.54) is 11.3 Å². The van der Waals surface area contributed by atoms with E-state index in [2.05, 4.69) is 42.2 Å². The lowest BCUT2D eigenvalue weighted by atomic mass is 10.1. The molecule has 0 bridgehead atoms. The van der Waals surface area contributed by atoms with E-state index < -0.39 is 5.92 Å². The highest BCUT2D eigenvalue weighted by Gasteiger charge is 2.26. The Morgan fingerprint density at radius 1 is 1.35 bits per heavy atom. The predicted molar refractivity (Wildman–Crippen MR) is 79.4 cm³/mol. The van der Waals surface area contributed by atoms with Crippen LogP contribution in [0.1, 0.15) is 18.9 Å². The van der Waals surface area contributed by atoms with E-state index in [1.807, 2.05) is 11.8 Å². The second-order valence-corrected chi connectivity index (χ2v) is 5.24. The molecule has 0 aliphatic carbocycles. The van der Waals surface area contributed by atoms with E-state index in [4.69, 9.17) is 5.26 Å². The molecule has 0 N–H and O–H groups in total. The summed E-state index contributed by atoms with van der Waals surface area (Å²) in [6.07, 6.45) is 0.591. The zero-order valence-corrected chi connectivity index (χ0v) is 12.2. The minimum Gasteiger partial charge on any atom is -0.368 e. The molecular weight excluding hydrogens is 250 g/mol. The van der Waals surface area contributed by atoms with Crippen molar-refractivity contribution in [3.05, 3.63) is 29.8 Å². The minimum absolute atomic E-state index is 0.0149. The summed E-state index contributed by atoms with van der Waals surface area (Å²) in [5.74, 6) is -0.501. The van der Waals surface area contributed by atoms with Crippen LogP contribution in [0.2, 0.25) is 0 Å². The van der Waals surface area contributed by atoms with E-state index >= 15 is 0 Å². The van der Waals surface area contributed by atoms with Gasteiger partial charge in [0.15, 0.2) is 0 Å². The predicted octanol–water partition coefficient (Wildman–Crippen LogP) is 2.19. The van der Waals surface area contributed by atoms with Gasteiger partial charge in [-0.2, -0.15) is 5.26 Å². The number of nitrogens with zero attached hydrogens (tertiary/aromatic N) is 3. The summed E-state index contributed by atoms with van der Waals surface area (Å²) < 4.78 is 0. The van der Waals surface area contributed by atoms with Crippen LogP contribution in [0, 0.1) is 24.2 Å². The Morgan fingerprint density at radius 3 is 2.60 bits per heavy atom. The van der Waals surface area contributed by atoms with Gasteiger partial charge in [-0.05, 0) is 31.0 Å². The number of amides is 1. The Hall–Kier alpha value is -2.02. The van der Waals surface area contributed by atoms with Gasteiger partial charge in [0.25, 0.3) is 0 Å². The molecule has 1 fully saturated rings. The molecule has 0 radical (unpaired) electrons. The largest absolute Gasteiger partial charge is 0.368 e. The van der Waals surface area contributed by atoms with E-state index in [0.29, 0.717) is 19.5 Å². The van der Waals surface area contributed by atoms with Crippen LogP contribution in [-0.2, 0) is 4.79 Å². The first-order valence-corrected chi connectivity index (χ1v) is 7.15. The second kappa shape index (κ2) is 6.42. The first kappa shape index (κ1) is 14.4. The van der Waals surface area contributed by atoms with E-state index in [-0.39, 0.29) is 5.91 Å². The first-order chi connectivity index (χ1) is 9.65. The van der Waals surface area contributed by atoms with Crippen LogP contribution in [0.3, 0.4) is 0 Å².